The van der Waals surface area contributed by atoms with E-state index in [0.717, 1.165) is 56.3 Å². The summed E-state index contributed by atoms with van der Waals surface area (Å²) in [6, 6.07) is 10.7. The zero-order valence-electron chi connectivity index (χ0n) is 21.0. The topological polar surface area (TPSA) is 54.9 Å². The highest BCUT2D eigenvalue weighted by molar-refractivity contribution is 5.96. The lowest BCUT2D eigenvalue weighted by Gasteiger charge is -2.28. The third-order valence-electron chi connectivity index (χ3n) is 5.96. The molecule has 1 saturated heterocycles. The molecule has 1 aromatic heterocycles. The maximum Gasteiger partial charge on any atom is 0.342 e. The zero-order valence-corrected chi connectivity index (χ0v) is 21.0. The van der Waals surface area contributed by atoms with E-state index in [-0.39, 0.29) is 12.1 Å². The van der Waals surface area contributed by atoms with Crippen LogP contribution in [-0.2, 0) is 11.3 Å². The molecule has 0 saturated carbocycles. The maximum atomic E-state index is 12.8. The van der Waals surface area contributed by atoms with Crippen molar-refractivity contribution in [3.63, 3.8) is 0 Å². The van der Waals surface area contributed by atoms with Crippen LogP contribution in [0.2, 0.25) is 0 Å². The Bertz CT molecular complexity index is 911. The van der Waals surface area contributed by atoms with Crippen LogP contribution in [0.4, 0.5) is 5.82 Å². The number of carbonyl (C=O) groups is 1. The molecule has 33 heavy (non-hydrogen) atoms. The molecule has 3 rings (SSSR count). The molecular weight excluding hydrogens is 414 g/mol. The van der Waals surface area contributed by atoms with Gasteiger partial charge in [0.15, 0.2) is 0 Å². The molecule has 0 spiro atoms. The fourth-order valence-electron chi connectivity index (χ4n) is 4.23. The minimum atomic E-state index is -0.291. The minimum Gasteiger partial charge on any atom is -0.493 e. The molecule has 2 heterocycles. The van der Waals surface area contributed by atoms with Gasteiger partial charge < -0.3 is 14.4 Å². The first-order valence-corrected chi connectivity index (χ1v) is 12.2. The van der Waals surface area contributed by atoms with E-state index in [4.69, 9.17) is 9.47 Å². The van der Waals surface area contributed by atoms with E-state index in [2.05, 4.69) is 59.8 Å². The van der Waals surface area contributed by atoms with Crippen LogP contribution in [0.5, 0.6) is 5.75 Å². The third-order valence-corrected chi connectivity index (χ3v) is 5.96. The second-order valence-electron chi connectivity index (χ2n) is 9.58. The Balaban J connectivity index is 1.67. The number of aromatic nitrogens is 1. The van der Waals surface area contributed by atoms with Crippen molar-refractivity contribution < 1.29 is 14.3 Å². The molecule has 0 aliphatic carbocycles. The van der Waals surface area contributed by atoms with Crippen LogP contribution in [0.1, 0.15) is 62.5 Å². The number of rotatable bonds is 10. The number of ether oxygens (including phenoxy) is 2. The Morgan fingerprint density at radius 1 is 1.18 bits per heavy atom. The van der Waals surface area contributed by atoms with E-state index in [9.17, 15) is 4.79 Å². The summed E-state index contributed by atoms with van der Waals surface area (Å²) in [5.41, 5.74) is 2.77. The molecule has 1 aromatic carbocycles. The van der Waals surface area contributed by atoms with Gasteiger partial charge in [-0.25, -0.2) is 9.78 Å². The van der Waals surface area contributed by atoms with Crippen molar-refractivity contribution in [2.45, 2.75) is 66.7 Å². The van der Waals surface area contributed by atoms with Crippen molar-refractivity contribution >= 4 is 11.8 Å². The van der Waals surface area contributed by atoms with E-state index in [0.29, 0.717) is 17.5 Å². The number of esters is 1. The predicted octanol–water partition coefficient (Wildman–Crippen LogP) is 5.09. The molecule has 0 amide bonds. The number of pyridine rings is 1. The number of likely N-dealkylation sites (N-methyl/N-ethyl adjacent to an activating group) is 1. The fourth-order valence-corrected chi connectivity index (χ4v) is 4.23. The van der Waals surface area contributed by atoms with Crippen LogP contribution < -0.4 is 9.64 Å². The predicted molar refractivity (Wildman–Crippen MR) is 133 cm³/mol. The summed E-state index contributed by atoms with van der Waals surface area (Å²) in [5.74, 6) is 1.89. The first kappa shape index (κ1) is 25.0. The SMILES string of the molecule is CCN(Cc1ccc(OCC(C)C)cc1)[C@@H]1CCN(c2nccc(C)c2C(=O)OC(C)C)C1. The number of hydrogen-bond acceptors (Lipinski definition) is 6. The van der Waals surface area contributed by atoms with Gasteiger partial charge in [0, 0.05) is 31.9 Å². The summed E-state index contributed by atoms with van der Waals surface area (Å²) >= 11 is 0. The first-order valence-electron chi connectivity index (χ1n) is 12.2. The second-order valence-corrected chi connectivity index (χ2v) is 9.58. The van der Waals surface area contributed by atoms with Gasteiger partial charge in [-0.15, -0.1) is 0 Å². The Morgan fingerprint density at radius 2 is 1.91 bits per heavy atom. The van der Waals surface area contributed by atoms with Crippen molar-refractivity contribution in [2.24, 2.45) is 5.92 Å². The van der Waals surface area contributed by atoms with Gasteiger partial charge in [-0.05, 0) is 69.0 Å². The summed E-state index contributed by atoms with van der Waals surface area (Å²) in [4.78, 5) is 22.1. The maximum absolute atomic E-state index is 12.8. The van der Waals surface area contributed by atoms with Crippen LogP contribution >= 0.6 is 0 Å². The van der Waals surface area contributed by atoms with Gasteiger partial charge in [0.1, 0.15) is 17.1 Å². The van der Waals surface area contributed by atoms with E-state index in [1.807, 2.05) is 26.8 Å². The first-order chi connectivity index (χ1) is 15.8. The number of benzene rings is 1. The molecular formula is C27H39N3O3. The molecule has 0 bridgehead atoms. The number of anilines is 1. The normalized spacial score (nSPS) is 16.2. The number of carbonyl (C=O) groups excluding carboxylic acids is 1. The molecule has 0 unspecified atom stereocenters. The van der Waals surface area contributed by atoms with Crippen molar-refractivity contribution in [2.75, 3.05) is 31.1 Å². The van der Waals surface area contributed by atoms with Crippen molar-refractivity contribution in [1.29, 1.82) is 0 Å². The van der Waals surface area contributed by atoms with E-state index in [1.54, 1.807) is 6.20 Å². The lowest BCUT2D eigenvalue weighted by atomic mass is 10.1. The Kier molecular flexibility index (Phi) is 8.73. The van der Waals surface area contributed by atoms with E-state index >= 15 is 0 Å². The van der Waals surface area contributed by atoms with Gasteiger partial charge in [0.05, 0.1) is 12.7 Å². The number of nitrogens with zero attached hydrogens (tertiary/aromatic N) is 3. The Labute approximate surface area is 198 Å². The molecule has 2 aromatic rings. The Morgan fingerprint density at radius 3 is 2.55 bits per heavy atom. The minimum absolute atomic E-state index is 0.158. The van der Waals surface area contributed by atoms with E-state index in [1.165, 1.54) is 5.56 Å². The molecule has 0 N–H and O–H groups in total. The molecule has 180 valence electrons. The molecule has 6 nitrogen and oxygen atoms in total. The van der Waals surface area contributed by atoms with Gasteiger partial charge in [-0.3, -0.25) is 4.90 Å². The largest absolute Gasteiger partial charge is 0.493 e. The lowest BCUT2D eigenvalue weighted by molar-refractivity contribution is 0.0377. The van der Waals surface area contributed by atoms with Gasteiger partial charge >= 0.3 is 5.97 Å². The summed E-state index contributed by atoms with van der Waals surface area (Å²) in [5, 5.41) is 0. The van der Waals surface area contributed by atoms with Crippen molar-refractivity contribution in [3.05, 3.63) is 53.2 Å². The summed E-state index contributed by atoms with van der Waals surface area (Å²) in [6.45, 7) is 16.5. The van der Waals surface area contributed by atoms with Crippen LogP contribution in [0.25, 0.3) is 0 Å². The van der Waals surface area contributed by atoms with E-state index < -0.39 is 0 Å². The molecule has 0 radical (unpaired) electrons. The van der Waals surface area contributed by atoms with Crippen molar-refractivity contribution in [3.8, 4) is 5.75 Å². The molecule has 1 aliphatic heterocycles. The van der Waals surface area contributed by atoms with Gasteiger partial charge in [-0.2, -0.15) is 0 Å². The van der Waals surface area contributed by atoms with Gasteiger partial charge in [-0.1, -0.05) is 32.9 Å². The molecule has 1 aliphatic rings. The van der Waals surface area contributed by atoms with Crippen LogP contribution in [0, 0.1) is 12.8 Å². The number of aryl methyl sites for hydroxylation is 1. The highest BCUT2D eigenvalue weighted by Crippen LogP contribution is 2.28. The van der Waals surface area contributed by atoms with Crippen LogP contribution in [-0.4, -0.2) is 54.2 Å². The van der Waals surface area contributed by atoms with Gasteiger partial charge in [0.2, 0.25) is 0 Å². The average molecular weight is 454 g/mol. The molecule has 6 heteroatoms. The smallest absolute Gasteiger partial charge is 0.342 e. The summed E-state index contributed by atoms with van der Waals surface area (Å²) < 4.78 is 11.3. The van der Waals surface area contributed by atoms with Crippen LogP contribution in [0.15, 0.2) is 36.5 Å². The Hall–Kier alpha value is -2.60. The quantitative estimate of drug-likeness (QED) is 0.467. The second kappa shape index (κ2) is 11.5. The average Bonchev–Trinajstić information content (AvgIpc) is 3.26. The molecule has 1 fully saturated rings. The number of hydrogen-bond donors (Lipinski definition) is 0. The zero-order chi connectivity index (χ0) is 24.0. The summed E-state index contributed by atoms with van der Waals surface area (Å²) in [6.07, 6.45) is 2.66. The van der Waals surface area contributed by atoms with Crippen LogP contribution in [0.3, 0.4) is 0 Å². The summed E-state index contributed by atoms with van der Waals surface area (Å²) in [7, 11) is 0. The van der Waals surface area contributed by atoms with Gasteiger partial charge in [0.25, 0.3) is 0 Å². The van der Waals surface area contributed by atoms with Crippen molar-refractivity contribution in [1.82, 2.24) is 9.88 Å². The lowest BCUT2D eigenvalue weighted by Crippen LogP contribution is -2.37. The highest BCUT2D eigenvalue weighted by Gasteiger charge is 2.31. The highest BCUT2D eigenvalue weighted by atomic mass is 16.5. The third kappa shape index (κ3) is 6.70. The standard InChI is InChI=1S/C27H39N3O3/c1-7-29(16-22-8-10-24(11-9-22)32-18-19(2)3)23-13-15-30(17-23)26-25(21(6)12-14-28-26)27(31)33-20(4)5/h8-12,14,19-20,23H,7,13,15-18H2,1-6H3/t23-/m1/s1. The fraction of sp³-hybridized carbons (Fsp3) is 0.556. The monoisotopic (exact) mass is 453 g/mol. The molecule has 1 atom stereocenters.